The van der Waals surface area contributed by atoms with Gasteiger partial charge in [-0.3, -0.25) is 0 Å². The molecule has 0 bridgehead atoms. The van der Waals surface area contributed by atoms with Gasteiger partial charge in [0.15, 0.2) is 8.32 Å². The SMILES string of the molecule is C=CCCCCC[C@H](CC1=C[C@H](C)OC1=O)O[Si](C)(C)C(C)(C)C. The molecule has 1 aliphatic rings. The Hall–Kier alpha value is -0.873. The molecule has 1 aliphatic heterocycles. The van der Waals surface area contributed by atoms with E-state index < -0.39 is 8.32 Å². The highest BCUT2D eigenvalue weighted by Gasteiger charge is 2.39. The molecule has 24 heavy (non-hydrogen) atoms. The Bertz CT molecular complexity index is 460. The smallest absolute Gasteiger partial charge is 0.334 e. The summed E-state index contributed by atoms with van der Waals surface area (Å²) >= 11 is 0. The first-order chi connectivity index (χ1) is 11.1. The zero-order chi connectivity index (χ0) is 18.4. The highest BCUT2D eigenvalue weighted by Crippen LogP contribution is 2.38. The topological polar surface area (TPSA) is 35.5 Å². The molecule has 0 aliphatic carbocycles. The molecular weight excluding hydrogens is 316 g/mol. The van der Waals surface area contributed by atoms with E-state index in [1.807, 2.05) is 19.1 Å². The number of hydrogen-bond donors (Lipinski definition) is 0. The van der Waals surface area contributed by atoms with Crippen molar-refractivity contribution < 1.29 is 14.0 Å². The number of hydrogen-bond acceptors (Lipinski definition) is 3. The van der Waals surface area contributed by atoms with Crippen LogP contribution in [0.4, 0.5) is 0 Å². The number of carbonyl (C=O) groups is 1. The molecule has 0 saturated carbocycles. The van der Waals surface area contributed by atoms with Crippen molar-refractivity contribution in [2.75, 3.05) is 0 Å². The van der Waals surface area contributed by atoms with E-state index in [0.717, 1.165) is 24.8 Å². The predicted molar refractivity (Wildman–Crippen MR) is 104 cm³/mol. The van der Waals surface area contributed by atoms with Gasteiger partial charge in [-0.05, 0) is 50.4 Å². The lowest BCUT2D eigenvalue weighted by molar-refractivity contribution is -0.139. The summed E-state index contributed by atoms with van der Waals surface area (Å²) in [7, 11) is -1.85. The van der Waals surface area contributed by atoms with Gasteiger partial charge in [-0.15, -0.1) is 6.58 Å². The Balaban J connectivity index is 2.70. The summed E-state index contributed by atoms with van der Waals surface area (Å²) in [5.74, 6) is -0.169. The molecule has 0 amide bonds. The molecule has 1 heterocycles. The fourth-order valence-electron chi connectivity index (χ4n) is 2.66. The molecule has 0 saturated heterocycles. The van der Waals surface area contributed by atoms with E-state index in [2.05, 4.69) is 40.4 Å². The van der Waals surface area contributed by atoms with Gasteiger partial charge in [-0.1, -0.05) is 39.7 Å². The number of unbranched alkanes of at least 4 members (excludes halogenated alkanes) is 3. The fraction of sp³-hybridized carbons (Fsp3) is 0.750. The summed E-state index contributed by atoms with van der Waals surface area (Å²) in [6.07, 6.45) is 10.2. The first-order valence-corrected chi connectivity index (χ1v) is 12.2. The van der Waals surface area contributed by atoms with Crippen LogP contribution in [0.5, 0.6) is 0 Å². The Morgan fingerprint density at radius 1 is 1.33 bits per heavy atom. The molecule has 3 nitrogen and oxygen atoms in total. The van der Waals surface area contributed by atoms with Gasteiger partial charge in [-0.2, -0.15) is 0 Å². The first kappa shape index (κ1) is 21.2. The highest BCUT2D eigenvalue weighted by molar-refractivity contribution is 6.74. The lowest BCUT2D eigenvalue weighted by atomic mass is 10.0. The maximum Gasteiger partial charge on any atom is 0.334 e. The Kier molecular flexibility index (Phi) is 7.94. The molecule has 4 heteroatoms. The first-order valence-electron chi connectivity index (χ1n) is 9.27. The van der Waals surface area contributed by atoms with Crippen molar-refractivity contribution >= 4 is 14.3 Å². The van der Waals surface area contributed by atoms with Crippen LogP contribution in [0.1, 0.15) is 66.2 Å². The summed E-state index contributed by atoms with van der Waals surface area (Å²) in [6, 6.07) is 0. The van der Waals surface area contributed by atoms with Crippen molar-refractivity contribution in [1.29, 1.82) is 0 Å². The van der Waals surface area contributed by atoms with Crippen molar-refractivity contribution in [1.82, 2.24) is 0 Å². The zero-order valence-electron chi connectivity index (χ0n) is 16.5. The third kappa shape index (κ3) is 6.56. The summed E-state index contributed by atoms with van der Waals surface area (Å²) in [4.78, 5) is 12.0. The lowest BCUT2D eigenvalue weighted by Crippen LogP contribution is -2.44. The van der Waals surface area contributed by atoms with Crippen LogP contribution in [0.2, 0.25) is 18.1 Å². The quantitative estimate of drug-likeness (QED) is 0.216. The minimum atomic E-state index is -1.85. The second kappa shape index (κ2) is 9.00. The van der Waals surface area contributed by atoms with Crippen LogP contribution < -0.4 is 0 Å². The standard InChI is InChI=1S/C20H36O3Si/c1-8-9-10-11-12-13-18(23-24(6,7)20(3,4)5)15-17-14-16(2)22-19(17)21/h8,14,16,18H,1,9-13,15H2,2-7H3/t16-,18+/m0/s1. The molecular formula is C20H36O3Si. The van der Waals surface area contributed by atoms with Crippen LogP contribution in [0.3, 0.4) is 0 Å². The van der Waals surface area contributed by atoms with Crippen molar-refractivity contribution in [2.45, 2.75) is 96.6 Å². The van der Waals surface area contributed by atoms with Crippen LogP contribution in [0.15, 0.2) is 24.3 Å². The van der Waals surface area contributed by atoms with Gasteiger partial charge in [0, 0.05) is 18.1 Å². The summed E-state index contributed by atoms with van der Waals surface area (Å²) in [5.41, 5.74) is 0.789. The van der Waals surface area contributed by atoms with Crippen LogP contribution in [0, 0.1) is 0 Å². The van der Waals surface area contributed by atoms with E-state index in [-0.39, 0.29) is 23.2 Å². The second-order valence-electron chi connectivity index (χ2n) is 8.43. The molecule has 1 rings (SSSR count). The third-order valence-corrected chi connectivity index (χ3v) is 9.68. The number of esters is 1. The average molecular weight is 353 g/mol. The summed E-state index contributed by atoms with van der Waals surface area (Å²) < 4.78 is 11.9. The Morgan fingerprint density at radius 2 is 2.00 bits per heavy atom. The van der Waals surface area contributed by atoms with E-state index in [1.54, 1.807) is 0 Å². The summed E-state index contributed by atoms with van der Waals surface area (Å²) in [6.45, 7) is 17.0. The molecule has 0 spiro atoms. The molecule has 0 radical (unpaired) electrons. The van der Waals surface area contributed by atoms with Gasteiger partial charge in [0.1, 0.15) is 6.10 Å². The van der Waals surface area contributed by atoms with Gasteiger partial charge in [0.2, 0.25) is 0 Å². The van der Waals surface area contributed by atoms with Crippen molar-refractivity contribution in [3.63, 3.8) is 0 Å². The van der Waals surface area contributed by atoms with Gasteiger partial charge in [0.25, 0.3) is 0 Å². The number of carbonyl (C=O) groups excluding carboxylic acids is 1. The van der Waals surface area contributed by atoms with E-state index in [4.69, 9.17) is 9.16 Å². The minimum Gasteiger partial charge on any atom is -0.455 e. The van der Waals surface area contributed by atoms with Crippen LogP contribution in [-0.4, -0.2) is 26.5 Å². The van der Waals surface area contributed by atoms with Crippen molar-refractivity contribution in [2.24, 2.45) is 0 Å². The molecule has 0 aromatic carbocycles. The highest BCUT2D eigenvalue weighted by atomic mass is 28.4. The molecule has 0 unspecified atom stereocenters. The van der Waals surface area contributed by atoms with E-state index in [0.29, 0.717) is 6.42 Å². The third-order valence-electron chi connectivity index (χ3n) is 5.14. The minimum absolute atomic E-state index is 0.103. The van der Waals surface area contributed by atoms with E-state index >= 15 is 0 Å². The number of cyclic esters (lactones) is 1. The largest absolute Gasteiger partial charge is 0.455 e. The second-order valence-corrected chi connectivity index (χ2v) is 13.2. The Morgan fingerprint density at radius 3 is 2.50 bits per heavy atom. The van der Waals surface area contributed by atoms with Gasteiger partial charge < -0.3 is 9.16 Å². The maximum absolute atomic E-state index is 12.0. The van der Waals surface area contributed by atoms with E-state index in [1.165, 1.54) is 12.8 Å². The molecule has 0 aromatic heterocycles. The van der Waals surface area contributed by atoms with Gasteiger partial charge >= 0.3 is 5.97 Å². The zero-order valence-corrected chi connectivity index (χ0v) is 17.5. The van der Waals surface area contributed by atoms with Crippen LogP contribution in [-0.2, 0) is 14.0 Å². The number of rotatable bonds is 10. The molecule has 0 N–H and O–H groups in total. The molecule has 0 aromatic rings. The Labute approximate surface area is 149 Å². The van der Waals surface area contributed by atoms with E-state index in [9.17, 15) is 4.79 Å². The van der Waals surface area contributed by atoms with Crippen LogP contribution in [0.25, 0.3) is 0 Å². The fourth-order valence-corrected chi connectivity index (χ4v) is 4.05. The lowest BCUT2D eigenvalue weighted by Gasteiger charge is -2.39. The van der Waals surface area contributed by atoms with Gasteiger partial charge in [0.05, 0.1) is 0 Å². The average Bonchev–Trinajstić information content (AvgIpc) is 2.74. The van der Waals surface area contributed by atoms with Crippen molar-refractivity contribution in [3.05, 3.63) is 24.3 Å². The van der Waals surface area contributed by atoms with Crippen molar-refractivity contribution in [3.8, 4) is 0 Å². The number of allylic oxidation sites excluding steroid dienone is 1. The molecule has 138 valence electrons. The predicted octanol–water partition coefficient (Wildman–Crippen LogP) is 5.78. The monoisotopic (exact) mass is 352 g/mol. The number of ether oxygens (including phenoxy) is 1. The van der Waals surface area contributed by atoms with Gasteiger partial charge in [-0.25, -0.2) is 4.79 Å². The normalized spacial score (nSPS) is 19.8. The van der Waals surface area contributed by atoms with Crippen LogP contribution >= 0.6 is 0 Å². The maximum atomic E-state index is 12.0. The molecule has 2 atom stereocenters. The summed E-state index contributed by atoms with van der Waals surface area (Å²) in [5, 5.41) is 0.173. The molecule has 0 fully saturated rings.